The Bertz CT molecular complexity index is 78.3. The van der Waals surface area contributed by atoms with Crippen LogP contribution in [0.1, 0.15) is 20.8 Å². The first-order chi connectivity index (χ1) is 4.47. The molecule has 0 rings (SSSR count). The van der Waals surface area contributed by atoms with Crippen LogP contribution in [0, 0.1) is 0 Å². The summed E-state index contributed by atoms with van der Waals surface area (Å²) in [5, 5.41) is 0. The molecule has 0 aliphatic heterocycles. The normalized spacial score (nSPS) is 9.30. The Kier molecular flexibility index (Phi) is 7.88. The number of ether oxygens (including phenoxy) is 1. The van der Waals surface area contributed by atoms with E-state index in [9.17, 15) is 4.79 Å². The zero-order valence-electron chi connectivity index (χ0n) is 6.97. The average molecular weight is 148 g/mol. The molecule has 0 fully saturated rings. The summed E-state index contributed by atoms with van der Waals surface area (Å²) >= 11 is 0. The molecule has 0 aliphatic rings. The maximum Gasteiger partial charge on any atom is 0.293 e. The first-order valence-electron chi connectivity index (χ1n) is 2.96. The fraction of sp³-hybridized carbons (Fsp3) is 0.833. The second kappa shape index (κ2) is 6.51. The quantitative estimate of drug-likeness (QED) is 0.313. The second-order valence-electron chi connectivity index (χ2n) is 2.62. The molecule has 0 aromatic rings. The molecule has 0 atom stereocenters. The van der Waals surface area contributed by atoms with Crippen molar-refractivity contribution in [1.82, 2.24) is 5.43 Å². The van der Waals surface area contributed by atoms with Crippen molar-refractivity contribution in [3.8, 4) is 0 Å². The summed E-state index contributed by atoms with van der Waals surface area (Å²) in [6.07, 6.45) is 0. The van der Waals surface area contributed by atoms with Crippen LogP contribution in [-0.4, -0.2) is 19.1 Å². The Hall–Kier alpha value is -0.610. The lowest BCUT2D eigenvalue weighted by molar-refractivity contribution is -0.138. The molecule has 0 radical (unpaired) electrons. The van der Waals surface area contributed by atoms with Crippen molar-refractivity contribution in [1.29, 1.82) is 0 Å². The third-order valence-corrected chi connectivity index (χ3v) is 0.402. The maximum atomic E-state index is 9.60. The molecule has 0 aliphatic carbocycles. The number of carbonyl (C=O) groups is 1. The highest BCUT2D eigenvalue weighted by Gasteiger charge is 2.07. The third kappa shape index (κ3) is 26.3. The highest BCUT2D eigenvalue weighted by atomic mass is 16.5. The van der Waals surface area contributed by atoms with Crippen molar-refractivity contribution in [3.63, 3.8) is 0 Å². The summed E-state index contributed by atoms with van der Waals surface area (Å²) in [6, 6.07) is 0. The molecule has 0 unspecified atom stereocenters. The van der Waals surface area contributed by atoms with Crippen molar-refractivity contribution in [3.05, 3.63) is 0 Å². The minimum atomic E-state index is -0.318. The van der Waals surface area contributed by atoms with Crippen molar-refractivity contribution in [2.45, 2.75) is 26.4 Å². The Morgan fingerprint density at radius 2 is 1.80 bits per heavy atom. The number of nitrogens with two attached hydrogens (primary N) is 1. The predicted octanol–water partition coefficient (Wildman–Crippen LogP) is 0.0374. The SMILES string of the molecule is CC(C)(C)OC=O.CNN. The fourth-order valence-electron chi connectivity index (χ4n) is 0.144. The molecule has 0 heterocycles. The van der Waals surface area contributed by atoms with E-state index in [1.54, 1.807) is 7.05 Å². The number of rotatable bonds is 1. The zero-order chi connectivity index (χ0) is 8.62. The van der Waals surface area contributed by atoms with Gasteiger partial charge in [0.05, 0.1) is 0 Å². The summed E-state index contributed by atoms with van der Waals surface area (Å²) in [5.41, 5.74) is 1.93. The number of hydrazine groups is 1. The number of hydrogen-bond donors (Lipinski definition) is 2. The predicted molar refractivity (Wildman–Crippen MR) is 40.1 cm³/mol. The average Bonchev–Trinajstić information content (AvgIpc) is 1.63. The van der Waals surface area contributed by atoms with Crippen LogP contribution in [-0.2, 0) is 9.53 Å². The van der Waals surface area contributed by atoms with Gasteiger partial charge >= 0.3 is 0 Å². The molecule has 0 aromatic carbocycles. The fourth-order valence-corrected chi connectivity index (χ4v) is 0.144. The van der Waals surface area contributed by atoms with E-state index >= 15 is 0 Å². The van der Waals surface area contributed by atoms with E-state index in [0.717, 1.165) is 0 Å². The number of nitrogens with one attached hydrogen (secondary N) is 1. The Morgan fingerprint density at radius 3 is 1.80 bits per heavy atom. The molecule has 10 heavy (non-hydrogen) atoms. The van der Waals surface area contributed by atoms with E-state index in [4.69, 9.17) is 0 Å². The summed E-state index contributed by atoms with van der Waals surface area (Å²) in [6.45, 7) is 5.92. The minimum absolute atomic E-state index is 0.318. The van der Waals surface area contributed by atoms with Gasteiger partial charge < -0.3 is 4.74 Å². The Morgan fingerprint density at radius 1 is 1.50 bits per heavy atom. The monoisotopic (exact) mass is 148 g/mol. The molecule has 3 N–H and O–H groups in total. The lowest BCUT2D eigenvalue weighted by atomic mass is 10.2. The molecule has 0 amide bonds. The van der Waals surface area contributed by atoms with E-state index in [-0.39, 0.29) is 5.60 Å². The summed E-state index contributed by atoms with van der Waals surface area (Å²) in [4.78, 5) is 9.60. The van der Waals surface area contributed by atoms with Crippen LogP contribution in [0.2, 0.25) is 0 Å². The van der Waals surface area contributed by atoms with Gasteiger partial charge in [-0.25, -0.2) is 0 Å². The van der Waals surface area contributed by atoms with Crippen molar-refractivity contribution in [2.75, 3.05) is 7.05 Å². The highest BCUT2D eigenvalue weighted by Crippen LogP contribution is 2.02. The van der Waals surface area contributed by atoms with Gasteiger partial charge in [0.25, 0.3) is 6.47 Å². The molecule has 0 saturated carbocycles. The largest absolute Gasteiger partial charge is 0.462 e. The number of hydrogen-bond acceptors (Lipinski definition) is 4. The molecular formula is C6H16N2O2. The van der Waals surface area contributed by atoms with Gasteiger partial charge in [0.1, 0.15) is 5.60 Å². The Balaban J connectivity index is 0. The van der Waals surface area contributed by atoms with Crippen LogP contribution < -0.4 is 11.3 Å². The van der Waals surface area contributed by atoms with Gasteiger partial charge in [-0.05, 0) is 27.8 Å². The van der Waals surface area contributed by atoms with Crippen LogP contribution in [0.5, 0.6) is 0 Å². The van der Waals surface area contributed by atoms with Crippen LogP contribution >= 0.6 is 0 Å². The first-order valence-corrected chi connectivity index (χ1v) is 2.96. The third-order valence-electron chi connectivity index (χ3n) is 0.402. The van der Waals surface area contributed by atoms with Gasteiger partial charge in [0.2, 0.25) is 0 Å². The maximum absolute atomic E-state index is 9.60. The van der Waals surface area contributed by atoms with Crippen molar-refractivity contribution < 1.29 is 9.53 Å². The molecule has 0 bridgehead atoms. The lowest BCUT2D eigenvalue weighted by Crippen LogP contribution is -2.17. The van der Waals surface area contributed by atoms with Crippen LogP contribution in [0.4, 0.5) is 0 Å². The van der Waals surface area contributed by atoms with Crippen molar-refractivity contribution in [2.24, 2.45) is 5.84 Å². The van der Waals surface area contributed by atoms with Gasteiger partial charge in [-0.2, -0.15) is 0 Å². The second-order valence-corrected chi connectivity index (χ2v) is 2.62. The summed E-state index contributed by atoms with van der Waals surface area (Å²) in [5.74, 6) is 4.60. The van der Waals surface area contributed by atoms with E-state index in [2.05, 4.69) is 16.0 Å². The van der Waals surface area contributed by atoms with Crippen molar-refractivity contribution >= 4 is 6.47 Å². The first kappa shape index (κ1) is 12.1. The molecular weight excluding hydrogens is 132 g/mol. The molecule has 4 nitrogen and oxygen atoms in total. The van der Waals surface area contributed by atoms with Crippen LogP contribution in [0.3, 0.4) is 0 Å². The Labute approximate surface area is 61.7 Å². The minimum Gasteiger partial charge on any atom is -0.462 e. The molecule has 0 spiro atoms. The van der Waals surface area contributed by atoms with Gasteiger partial charge in [-0.3, -0.25) is 16.1 Å². The standard InChI is InChI=1S/C5H10O2.CH6N2/c1-5(2,3)7-4-6;1-3-2/h4H,1-3H3;3H,2H2,1H3. The van der Waals surface area contributed by atoms with Gasteiger partial charge in [-0.15, -0.1) is 0 Å². The summed E-state index contributed by atoms with van der Waals surface area (Å²) < 4.78 is 4.55. The smallest absolute Gasteiger partial charge is 0.293 e. The molecule has 62 valence electrons. The lowest BCUT2D eigenvalue weighted by Gasteiger charge is -2.14. The van der Waals surface area contributed by atoms with Crippen LogP contribution in [0.25, 0.3) is 0 Å². The van der Waals surface area contributed by atoms with E-state index in [1.165, 1.54) is 0 Å². The topological polar surface area (TPSA) is 64.3 Å². The molecule has 0 saturated heterocycles. The van der Waals surface area contributed by atoms with Gasteiger partial charge in [0, 0.05) is 0 Å². The van der Waals surface area contributed by atoms with E-state index < -0.39 is 0 Å². The van der Waals surface area contributed by atoms with Crippen LogP contribution in [0.15, 0.2) is 0 Å². The van der Waals surface area contributed by atoms with Gasteiger partial charge in [0.15, 0.2) is 0 Å². The summed E-state index contributed by atoms with van der Waals surface area (Å²) in [7, 11) is 1.65. The van der Waals surface area contributed by atoms with E-state index in [1.807, 2.05) is 20.8 Å². The van der Waals surface area contributed by atoms with Gasteiger partial charge in [-0.1, -0.05) is 0 Å². The van der Waals surface area contributed by atoms with E-state index in [0.29, 0.717) is 6.47 Å². The highest BCUT2D eigenvalue weighted by molar-refractivity contribution is 5.37. The number of carbonyl (C=O) groups excluding carboxylic acids is 1. The molecule has 0 aromatic heterocycles. The molecule has 4 heteroatoms. The zero-order valence-corrected chi connectivity index (χ0v) is 6.97.